The Morgan fingerprint density at radius 3 is 2.22 bits per heavy atom. The van der Waals surface area contributed by atoms with E-state index in [4.69, 9.17) is 5.73 Å². The summed E-state index contributed by atoms with van der Waals surface area (Å²) in [6, 6.07) is 14.9. The summed E-state index contributed by atoms with van der Waals surface area (Å²) in [6.45, 7) is 0. The number of hydrogen-bond donors (Lipinski definition) is 1. The van der Waals surface area contributed by atoms with Gasteiger partial charge >= 0.3 is 0 Å². The van der Waals surface area contributed by atoms with Gasteiger partial charge in [0.25, 0.3) is 0 Å². The summed E-state index contributed by atoms with van der Waals surface area (Å²) < 4.78 is 0. The number of allylic oxidation sites excluding steroid dienone is 1. The average molecular weight is 235 g/mol. The monoisotopic (exact) mass is 235 g/mol. The Hall–Kier alpha value is -2.29. The number of carbonyl (C=O) groups excluding carboxylic acids is 1. The summed E-state index contributed by atoms with van der Waals surface area (Å²) in [6.07, 6.45) is 3.37. The maximum Gasteiger partial charge on any atom is 0.185 e. The molecule has 0 unspecified atom stereocenters. The highest BCUT2D eigenvalue weighted by Gasteiger charge is 2.00. The van der Waals surface area contributed by atoms with Crippen molar-refractivity contribution in [2.45, 2.75) is 0 Å². The molecule has 0 amide bonds. The third-order valence-electron chi connectivity index (χ3n) is 2.70. The summed E-state index contributed by atoms with van der Waals surface area (Å²) in [5, 5.41) is 0. The lowest BCUT2D eigenvalue weighted by Gasteiger charge is -1.97. The van der Waals surface area contributed by atoms with Crippen molar-refractivity contribution in [3.63, 3.8) is 0 Å². The average Bonchev–Trinajstić information content (AvgIpc) is 2.38. The molecule has 0 fully saturated rings. The number of benzene rings is 2. The van der Waals surface area contributed by atoms with Crippen molar-refractivity contribution in [3.8, 4) is 0 Å². The van der Waals surface area contributed by atoms with E-state index in [1.807, 2.05) is 56.4 Å². The molecule has 2 rings (SSSR count). The van der Waals surface area contributed by atoms with Gasteiger partial charge in [0, 0.05) is 11.3 Å². The van der Waals surface area contributed by atoms with Crippen molar-refractivity contribution in [2.24, 2.45) is 0 Å². The third kappa shape index (κ3) is 3.11. The van der Waals surface area contributed by atoms with Gasteiger partial charge in [-0.2, -0.15) is 0 Å². The number of carbonyl (C=O) groups is 1. The van der Waals surface area contributed by atoms with Gasteiger partial charge < -0.3 is 5.73 Å². The Balaban J connectivity index is 2.11. The molecule has 0 saturated heterocycles. The second kappa shape index (κ2) is 5.36. The quantitative estimate of drug-likeness (QED) is 0.378. The highest BCUT2D eigenvalue weighted by atomic mass is 16.1. The summed E-state index contributed by atoms with van der Waals surface area (Å²) in [5.74, 6) is 0.00632. The van der Waals surface area contributed by atoms with Gasteiger partial charge in [0.05, 0.1) is 0 Å². The van der Waals surface area contributed by atoms with Gasteiger partial charge in [-0.3, -0.25) is 4.79 Å². The molecule has 2 N–H and O–H groups in total. The number of rotatable bonds is 3. The van der Waals surface area contributed by atoms with Crippen LogP contribution in [0.1, 0.15) is 15.9 Å². The lowest BCUT2D eigenvalue weighted by molar-refractivity contribution is 0.104. The van der Waals surface area contributed by atoms with E-state index in [0.29, 0.717) is 5.56 Å². The zero-order valence-corrected chi connectivity index (χ0v) is 10.3. The number of nitrogen functional groups attached to an aromatic ring is 1. The minimum atomic E-state index is 0.00632. The summed E-state index contributed by atoms with van der Waals surface area (Å²) in [4.78, 5) is 11.9. The molecule has 88 valence electrons. The van der Waals surface area contributed by atoms with Gasteiger partial charge in [-0.1, -0.05) is 47.9 Å². The van der Waals surface area contributed by atoms with Crippen LogP contribution in [0.4, 0.5) is 5.69 Å². The normalized spacial score (nSPS) is 10.7. The summed E-state index contributed by atoms with van der Waals surface area (Å²) >= 11 is 0. The van der Waals surface area contributed by atoms with Crippen LogP contribution in [0.5, 0.6) is 0 Å². The fraction of sp³-hybridized carbons (Fsp3) is 0. The topological polar surface area (TPSA) is 43.1 Å². The Bertz CT molecular complexity index is 570. The smallest absolute Gasteiger partial charge is 0.185 e. The van der Waals surface area contributed by atoms with Gasteiger partial charge in [0.2, 0.25) is 0 Å². The van der Waals surface area contributed by atoms with Crippen molar-refractivity contribution in [1.82, 2.24) is 0 Å². The molecule has 3 heteroatoms. The van der Waals surface area contributed by atoms with E-state index in [2.05, 4.69) is 0 Å². The van der Waals surface area contributed by atoms with E-state index >= 15 is 0 Å². The molecule has 0 aliphatic carbocycles. The predicted octanol–water partition coefficient (Wildman–Crippen LogP) is 1.42. The molecule has 0 saturated carbocycles. The first-order chi connectivity index (χ1) is 8.65. The largest absolute Gasteiger partial charge is 0.399 e. The molecule has 2 aromatic rings. The second-order valence-electron chi connectivity index (χ2n) is 4.23. The van der Waals surface area contributed by atoms with Crippen LogP contribution in [-0.4, -0.2) is 13.6 Å². The van der Waals surface area contributed by atoms with Crippen LogP contribution in [0.15, 0.2) is 54.6 Å². The Labute approximate surface area is 108 Å². The summed E-state index contributed by atoms with van der Waals surface area (Å²) in [7, 11) is 2.00. The first-order valence-electron chi connectivity index (χ1n) is 5.80. The first-order valence-corrected chi connectivity index (χ1v) is 5.80. The van der Waals surface area contributed by atoms with E-state index in [1.165, 1.54) is 0 Å². The lowest BCUT2D eigenvalue weighted by Crippen LogP contribution is -2.02. The minimum absolute atomic E-state index is 0.00632. The molecule has 0 aliphatic heterocycles. The van der Waals surface area contributed by atoms with E-state index in [0.717, 1.165) is 16.7 Å². The van der Waals surface area contributed by atoms with Crippen LogP contribution >= 0.6 is 0 Å². The van der Waals surface area contributed by atoms with Crippen molar-refractivity contribution in [2.75, 3.05) is 5.73 Å². The zero-order valence-electron chi connectivity index (χ0n) is 10.3. The van der Waals surface area contributed by atoms with Gasteiger partial charge in [-0.15, -0.1) is 0 Å². The van der Waals surface area contributed by atoms with Crippen LogP contribution in [0, 0.1) is 0 Å². The van der Waals surface area contributed by atoms with Crippen LogP contribution in [-0.2, 0) is 0 Å². The molecule has 0 radical (unpaired) electrons. The van der Waals surface area contributed by atoms with Crippen LogP contribution < -0.4 is 11.2 Å². The van der Waals surface area contributed by atoms with Crippen molar-refractivity contribution in [3.05, 3.63) is 65.7 Å². The predicted molar refractivity (Wildman–Crippen MR) is 78.8 cm³/mol. The standard InChI is InChI=1S/C15H14BNO/c16-13-6-4-12(5-7-13)15(18)10-3-11-1-8-14(17)9-2-11/h1-10H,16-17H2/b10-3+. The molecule has 0 aliphatic rings. The number of nitrogens with two attached hydrogens (primary N) is 1. The molecule has 0 heterocycles. The molecule has 0 atom stereocenters. The molecule has 18 heavy (non-hydrogen) atoms. The molecule has 0 aromatic heterocycles. The molecule has 0 spiro atoms. The van der Waals surface area contributed by atoms with Gasteiger partial charge in [-0.05, 0) is 23.8 Å². The molecular weight excluding hydrogens is 221 g/mol. The van der Waals surface area contributed by atoms with Crippen molar-refractivity contribution >= 4 is 30.9 Å². The van der Waals surface area contributed by atoms with Gasteiger partial charge in [0.15, 0.2) is 5.78 Å². The SMILES string of the molecule is Bc1ccc(C(=O)/C=C/c2ccc(N)cc2)cc1. The summed E-state index contributed by atoms with van der Waals surface area (Å²) in [5.41, 5.74) is 9.13. The van der Waals surface area contributed by atoms with Gasteiger partial charge in [0.1, 0.15) is 7.85 Å². The molecule has 2 nitrogen and oxygen atoms in total. The zero-order chi connectivity index (χ0) is 13.0. The van der Waals surface area contributed by atoms with E-state index in [-0.39, 0.29) is 5.78 Å². The highest BCUT2D eigenvalue weighted by Crippen LogP contribution is 2.08. The van der Waals surface area contributed by atoms with Crippen molar-refractivity contribution < 1.29 is 4.79 Å². The van der Waals surface area contributed by atoms with Crippen molar-refractivity contribution in [1.29, 1.82) is 0 Å². The Morgan fingerprint density at radius 2 is 1.61 bits per heavy atom. The molecular formula is C15H14BNO. The number of hydrogen-bond acceptors (Lipinski definition) is 2. The fourth-order valence-electron chi connectivity index (χ4n) is 1.59. The second-order valence-corrected chi connectivity index (χ2v) is 4.23. The minimum Gasteiger partial charge on any atom is -0.399 e. The Morgan fingerprint density at radius 1 is 1.00 bits per heavy atom. The third-order valence-corrected chi connectivity index (χ3v) is 2.70. The van der Waals surface area contributed by atoms with Crippen LogP contribution in [0.25, 0.3) is 6.08 Å². The molecule has 0 bridgehead atoms. The number of anilines is 1. The van der Waals surface area contributed by atoms with Crippen LogP contribution in [0.2, 0.25) is 0 Å². The fourth-order valence-corrected chi connectivity index (χ4v) is 1.59. The number of ketones is 1. The molecule has 2 aromatic carbocycles. The van der Waals surface area contributed by atoms with E-state index < -0.39 is 0 Å². The van der Waals surface area contributed by atoms with Gasteiger partial charge in [-0.25, -0.2) is 0 Å². The first kappa shape index (κ1) is 12.2. The van der Waals surface area contributed by atoms with E-state index in [9.17, 15) is 4.79 Å². The van der Waals surface area contributed by atoms with Crippen LogP contribution in [0.3, 0.4) is 0 Å². The highest BCUT2D eigenvalue weighted by molar-refractivity contribution is 6.32. The maximum absolute atomic E-state index is 11.9. The maximum atomic E-state index is 11.9. The van der Waals surface area contributed by atoms with E-state index in [1.54, 1.807) is 12.2 Å². The lowest BCUT2D eigenvalue weighted by atomic mass is 9.94. The Kier molecular flexibility index (Phi) is 3.63.